The highest BCUT2D eigenvalue weighted by atomic mass is 16.5. The minimum atomic E-state index is 0.00957. The minimum Gasteiger partial charge on any atom is -0.374 e. The van der Waals surface area contributed by atoms with Gasteiger partial charge in [-0.05, 0) is 32.2 Å². The Morgan fingerprint density at radius 3 is 2.35 bits per heavy atom. The number of rotatable bonds is 11. The van der Waals surface area contributed by atoms with Crippen molar-refractivity contribution in [3.63, 3.8) is 0 Å². The number of likely N-dealkylation sites (N-methyl/N-ethyl adjacent to an activating group) is 1. The van der Waals surface area contributed by atoms with E-state index in [-0.39, 0.29) is 5.60 Å². The molecule has 0 amide bonds. The second-order valence-electron chi connectivity index (χ2n) is 5.31. The van der Waals surface area contributed by atoms with Crippen LogP contribution in [0.2, 0.25) is 0 Å². The van der Waals surface area contributed by atoms with E-state index < -0.39 is 0 Å². The monoisotopic (exact) mass is 243 g/mol. The first-order valence-corrected chi connectivity index (χ1v) is 7.46. The van der Waals surface area contributed by atoms with E-state index in [1.165, 1.54) is 25.7 Å². The van der Waals surface area contributed by atoms with Gasteiger partial charge in [-0.15, -0.1) is 0 Å². The maximum Gasteiger partial charge on any atom is 0.0775 e. The van der Waals surface area contributed by atoms with Crippen LogP contribution in [0.1, 0.15) is 66.7 Å². The summed E-state index contributed by atoms with van der Waals surface area (Å²) in [5.41, 5.74) is 0.00957. The predicted octanol–water partition coefficient (Wildman–Crippen LogP) is 4.00. The van der Waals surface area contributed by atoms with E-state index in [9.17, 15) is 0 Å². The Hall–Kier alpha value is -0.0800. The van der Waals surface area contributed by atoms with Gasteiger partial charge >= 0.3 is 0 Å². The fourth-order valence-corrected chi connectivity index (χ4v) is 1.88. The largest absolute Gasteiger partial charge is 0.374 e. The molecule has 0 aliphatic rings. The molecule has 0 saturated heterocycles. The molecule has 2 nitrogen and oxygen atoms in total. The van der Waals surface area contributed by atoms with Crippen molar-refractivity contribution >= 4 is 0 Å². The Labute approximate surface area is 109 Å². The van der Waals surface area contributed by atoms with Crippen LogP contribution >= 0.6 is 0 Å². The molecule has 17 heavy (non-hydrogen) atoms. The fourth-order valence-electron chi connectivity index (χ4n) is 1.88. The topological polar surface area (TPSA) is 21.3 Å². The smallest absolute Gasteiger partial charge is 0.0775 e. The lowest BCUT2D eigenvalue weighted by Gasteiger charge is -2.31. The summed E-state index contributed by atoms with van der Waals surface area (Å²) in [6, 6.07) is 0. The standard InChI is InChI=1S/C15H33NO/c1-6-10-11-14(7-2)12-17-15(5,8-3)13-16-9-4/h14,16H,6-13H2,1-5H3. The van der Waals surface area contributed by atoms with Crippen LogP contribution in [0.3, 0.4) is 0 Å². The first-order valence-electron chi connectivity index (χ1n) is 7.46. The second-order valence-corrected chi connectivity index (χ2v) is 5.31. The van der Waals surface area contributed by atoms with E-state index in [2.05, 4.69) is 39.9 Å². The van der Waals surface area contributed by atoms with Gasteiger partial charge in [0.05, 0.1) is 12.2 Å². The van der Waals surface area contributed by atoms with E-state index in [1.807, 2.05) is 0 Å². The van der Waals surface area contributed by atoms with Gasteiger partial charge in [-0.2, -0.15) is 0 Å². The van der Waals surface area contributed by atoms with Gasteiger partial charge in [-0.25, -0.2) is 0 Å². The molecule has 0 aromatic heterocycles. The molecular weight excluding hydrogens is 210 g/mol. The molecule has 2 atom stereocenters. The molecule has 0 aromatic rings. The summed E-state index contributed by atoms with van der Waals surface area (Å²) >= 11 is 0. The van der Waals surface area contributed by atoms with E-state index in [4.69, 9.17) is 4.74 Å². The van der Waals surface area contributed by atoms with Crippen LogP contribution in [-0.2, 0) is 4.74 Å². The summed E-state index contributed by atoms with van der Waals surface area (Å²) in [4.78, 5) is 0. The minimum absolute atomic E-state index is 0.00957. The summed E-state index contributed by atoms with van der Waals surface area (Å²) in [5.74, 6) is 0.738. The normalized spacial score (nSPS) is 16.8. The van der Waals surface area contributed by atoms with Crippen LogP contribution in [0.15, 0.2) is 0 Å². The molecular formula is C15H33NO. The molecule has 0 aliphatic heterocycles. The van der Waals surface area contributed by atoms with Crippen LogP contribution in [0.5, 0.6) is 0 Å². The van der Waals surface area contributed by atoms with Gasteiger partial charge in [0.2, 0.25) is 0 Å². The first-order chi connectivity index (χ1) is 8.11. The zero-order chi connectivity index (χ0) is 13.1. The zero-order valence-corrected chi connectivity index (χ0v) is 12.6. The maximum absolute atomic E-state index is 6.17. The Bertz CT molecular complexity index is 172. The van der Waals surface area contributed by atoms with Gasteiger partial charge < -0.3 is 10.1 Å². The molecule has 0 radical (unpaired) electrons. The van der Waals surface area contributed by atoms with Crippen LogP contribution in [0.25, 0.3) is 0 Å². The van der Waals surface area contributed by atoms with Gasteiger partial charge in [0.15, 0.2) is 0 Å². The first kappa shape index (κ1) is 16.9. The highest BCUT2D eigenvalue weighted by molar-refractivity contribution is 4.76. The summed E-state index contributed by atoms with van der Waals surface area (Å²) in [6.45, 7) is 14.0. The van der Waals surface area contributed by atoms with E-state index in [1.54, 1.807) is 0 Å². The lowest BCUT2D eigenvalue weighted by atomic mass is 9.99. The van der Waals surface area contributed by atoms with Crippen molar-refractivity contribution in [2.24, 2.45) is 5.92 Å². The van der Waals surface area contributed by atoms with Gasteiger partial charge in [0.25, 0.3) is 0 Å². The third kappa shape index (κ3) is 7.77. The molecule has 0 aromatic carbocycles. The molecule has 2 heteroatoms. The SMILES string of the molecule is CCCCC(CC)COC(C)(CC)CNCC. The van der Waals surface area contributed by atoms with Crippen molar-refractivity contribution in [1.82, 2.24) is 5.32 Å². The summed E-state index contributed by atoms with van der Waals surface area (Å²) in [5, 5.41) is 3.40. The van der Waals surface area contributed by atoms with Gasteiger partial charge in [0.1, 0.15) is 0 Å². The molecule has 0 bridgehead atoms. The molecule has 2 unspecified atom stereocenters. The molecule has 0 spiro atoms. The van der Waals surface area contributed by atoms with E-state index in [0.29, 0.717) is 0 Å². The second kappa shape index (κ2) is 9.90. The lowest BCUT2D eigenvalue weighted by molar-refractivity contribution is -0.0508. The van der Waals surface area contributed by atoms with Crippen molar-refractivity contribution in [3.8, 4) is 0 Å². The molecule has 0 saturated carbocycles. The van der Waals surface area contributed by atoms with Crippen LogP contribution in [0, 0.1) is 5.92 Å². The maximum atomic E-state index is 6.17. The van der Waals surface area contributed by atoms with Crippen LogP contribution in [-0.4, -0.2) is 25.3 Å². The number of hydrogen-bond acceptors (Lipinski definition) is 2. The molecule has 0 heterocycles. The Kier molecular flexibility index (Phi) is 9.85. The number of ether oxygens (including phenoxy) is 1. The molecule has 104 valence electrons. The third-order valence-corrected chi connectivity index (χ3v) is 3.71. The van der Waals surface area contributed by atoms with Crippen molar-refractivity contribution < 1.29 is 4.74 Å². The van der Waals surface area contributed by atoms with E-state index >= 15 is 0 Å². The van der Waals surface area contributed by atoms with Crippen LogP contribution in [0.4, 0.5) is 0 Å². The third-order valence-electron chi connectivity index (χ3n) is 3.71. The fraction of sp³-hybridized carbons (Fsp3) is 1.00. The zero-order valence-electron chi connectivity index (χ0n) is 12.6. The Morgan fingerprint density at radius 2 is 1.88 bits per heavy atom. The van der Waals surface area contributed by atoms with Gasteiger partial charge in [0, 0.05) is 6.54 Å². The van der Waals surface area contributed by atoms with E-state index in [0.717, 1.165) is 32.0 Å². The van der Waals surface area contributed by atoms with Crippen molar-refractivity contribution in [2.75, 3.05) is 19.7 Å². The number of unbranched alkanes of at least 4 members (excludes halogenated alkanes) is 1. The number of nitrogens with one attached hydrogen (secondary N) is 1. The summed E-state index contributed by atoms with van der Waals surface area (Å²) < 4.78 is 6.17. The van der Waals surface area contributed by atoms with Gasteiger partial charge in [-0.3, -0.25) is 0 Å². The Morgan fingerprint density at radius 1 is 1.18 bits per heavy atom. The highest BCUT2D eigenvalue weighted by Crippen LogP contribution is 2.19. The Balaban J connectivity index is 4.00. The van der Waals surface area contributed by atoms with Crippen molar-refractivity contribution in [3.05, 3.63) is 0 Å². The molecule has 0 aliphatic carbocycles. The molecule has 0 fully saturated rings. The highest BCUT2D eigenvalue weighted by Gasteiger charge is 2.23. The summed E-state index contributed by atoms with van der Waals surface area (Å²) in [6.07, 6.45) is 6.25. The summed E-state index contributed by atoms with van der Waals surface area (Å²) in [7, 11) is 0. The molecule has 0 rings (SSSR count). The average Bonchev–Trinajstić information content (AvgIpc) is 2.36. The predicted molar refractivity (Wildman–Crippen MR) is 76.5 cm³/mol. The van der Waals surface area contributed by atoms with Crippen LogP contribution < -0.4 is 5.32 Å². The average molecular weight is 243 g/mol. The van der Waals surface area contributed by atoms with Crippen molar-refractivity contribution in [2.45, 2.75) is 72.3 Å². The number of hydrogen-bond donors (Lipinski definition) is 1. The van der Waals surface area contributed by atoms with Crippen molar-refractivity contribution in [1.29, 1.82) is 0 Å². The molecule has 1 N–H and O–H groups in total. The lowest BCUT2D eigenvalue weighted by Crippen LogP contribution is -2.41. The van der Waals surface area contributed by atoms with Gasteiger partial charge in [-0.1, -0.05) is 47.0 Å². The quantitative estimate of drug-likeness (QED) is 0.592.